The van der Waals surface area contributed by atoms with Gasteiger partial charge in [-0.05, 0) is 24.1 Å². The number of urea groups is 2. The smallest absolute Gasteiger partial charge is 0.328 e. The molecule has 2 saturated heterocycles. The van der Waals surface area contributed by atoms with Crippen LogP contribution in [0, 0.1) is 29.6 Å². The maximum Gasteiger partial charge on any atom is 0.328 e. The zero-order chi connectivity index (χ0) is 26.3. The molecule has 0 spiro atoms. The molecule has 2 aliphatic heterocycles. The molecule has 3 fully saturated rings. The molecule has 0 bridgehead atoms. The fraction of sp³-hybridized carbons (Fsp3) is 0.308. The third-order valence-electron chi connectivity index (χ3n) is 8.36. The molecule has 5 N–H and O–H groups in total. The second-order valence-corrected chi connectivity index (χ2v) is 9.95. The SMILES string of the molecule is NC(=O)N1C(=O)C2CC=C3C(CC4C(=O)N(C(N)=O)C(=O)C4C3c3ccc4ccccc4c3O)C2C1=O. The van der Waals surface area contributed by atoms with Crippen molar-refractivity contribution in [2.75, 3.05) is 0 Å². The number of rotatable bonds is 1. The van der Waals surface area contributed by atoms with E-state index in [1.807, 2.05) is 12.1 Å². The summed E-state index contributed by atoms with van der Waals surface area (Å²) in [5.41, 5.74) is 11.6. The van der Waals surface area contributed by atoms with Crippen molar-refractivity contribution in [1.82, 2.24) is 9.80 Å². The Kier molecular flexibility index (Phi) is 4.78. The zero-order valence-electron chi connectivity index (χ0n) is 19.4. The first-order valence-electron chi connectivity index (χ1n) is 11.9. The molecule has 2 aromatic carbocycles. The summed E-state index contributed by atoms with van der Waals surface area (Å²) < 4.78 is 0. The minimum absolute atomic E-state index is 0.00247. The number of phenolic OH excluding ortho intramolecular Hbond substituents is 1. The number of fused-ring (bicyclic) bond motifs is 5. The van der Waals surface area contributed by atoms with Gasteiger partial charge in [0.1, 0.15) is 5.75 Å². The number of phenols is 1. The van der Waals surface area contributed by atoms with Crippen molar-refractivity contribution in [3.8, 4) is 5.75 Å². The number of aromatic hydroxyl groups is 1. The number of carbonyl (C=O) groups is 6. The number of amides is 8. The number of likely N-dealkylation sites (tertiary alicyclic amines) is 2. The van der Waals surface area contributed by atoms with Crippen LogP contribution in [0.4, 0.5) is 9.59 Å². The first-order chi connectivity index (χ1) is 17.6. The lowest BCUT2D eigenvalue weighted by atomic mass is 9.57. The monoisotopic (exact) mass is 502 g/mol. The van der Waals surface area contributed by atoms with Gasteiger partial charge in [0.25, 0.3) is 0 Å². The van der Waals surface area contributed by atoms with Gasteiger partial charge >= 0.3 is 12.1 Å². The van der Waals surface area contributed by atoms with Crippen molar-refractivity contribution in [2.24, 2.45) is 41.1 Å². The molecule has 2 heterocycles. The Morgan fingerprint density at radius 3 is 2.08 bits per heavy atom. The van der Waals surface area contributed by atoms with Crippen molar-refractivity contribution in [3.05, 3.63) is 53.6 Å². The van der Waals surface area contributed by atoms with Crippen LogP contribution in [0.25, 0.3) is 10.8 Å². The molecule has 6 unspecified atom stereocenters. The van der Waals surface area contributed by atoms with E-state index in [9.17, 15) is 33.9 Å². The third-order valence-corrected chi connectivity index (χ3v) is 8.36. The van der Waals surface area contributed by atoms with Gasteiger partial charge < -0.3 is 16.6 Å². The standard InChI is InChI=1S/C26H22N4O7/c27-25(36)29-21(32)14-8-7-12-15(18(14)23(29)34)9-16-19(24(35)30(22(16)33)26(28)37)17(12)13-6-5-10-3-1-2-4-11(10)20(13)31/h1-7,14-19,31H,8-9H2,(H2,27,36)(H2,28,37). The first-order valence-corrected chi connectivity index (χ1v) is 11.9. The zero-order valence-corrected chi connectivity index (χ0v) is 19.4. The highest BCUT2D eigenvalue weighted by Gasteiger charge is 2.63. The van der Waals surface area contributed by atoms with Crippen molar-refractivity contribution in [2.45, 2.75) is 18.8 Å². The third kappa shape index (κ3) is 2.93. The number of nitrogens with two attached hydrogens (primary N) is 2. The second-order valence-electron chi connectivity index (χ2n) is 9.95. The Morgan fingerprint density at radius 2 is 1.41 bits per heavy atom. The Morgan fingerprint density at radius 1 is 0.784 bits per heavy atom. The molecule has 0 aromatic heterocycles. The summed E-state index contributed by atoms with van der Waals surface area (Å²) in [4.78, 5) is 77.5. The van der Waals surface area contributed by atoms with Crippen molar-refractivity contribution < 1.29 is 33.9 Å². The number of allylic oxidation sites excluding steroid dienone is 2. The van der Waals surface area contributed by atoms with Crippen LogP contribution in [0.2, 0.25) is 0 Å². The van der Waals surface area contributed by atoms with Crippen molar-refractivity contribution in [3.63, 3.8) is 0 Å². The van der Waals surface area contributed by atoms with E-state index in [4.69, 9.17) is 11.5 Å². The van der Waals surface area contributed by atoms with Gasteiger partial charge in [-0.25, -0.2) is 9.59 Å². The number of imide groups is 6. The summed E-state index contributed by atoms with van der Waals surface area (Å²) in [7, 11) is 0. The van der Waals surface area contributed by atoms with Crippen LogP contribution in [-0.4, -0.2) is 50.6 Å². The van der Waals surface area contributed by atoms with E-state index >= 15 is 0 Å². The molecule has 11 heteroatoms. The van der Waals surface area contributed by atoms with E-state index in [0.29, 0.717) is 26.3 Å². The minimum atomic E-state index is -1.20. The summed E-state index contributed by atoms with van der Waals surface area (Å²) in [6.45, 7) is 0. The number of hydrogen-bond donors (Lipinski definition) is 3. The summed E-state index contributed by atoms with van der Waals surface area (Å²) in [6, 6.07) is 8.17. The van der Waals surface area contributed by atoms with Crippen LogP contribution in [0.5, 0.6) is 5.75 Å². The maximum atomic E-state index is 13.4. The fourth-order valence-corrected chi connectivity index (χ4v) is 6.89. The number of hydrogen-bond acceptors (Lipinski definition) is 7. The van der Waals surface area contributed by atoms with Gasteiger partial charge in [-0.3, -0.25) is 19.2 Å². The van der Waals surface area contributed by atoms with E-state index in [0.717, 1.165) is 5.39 Å². The number of carbonyl (C=O) groups excluding carboxylic acids is 6. The Labute approximate surface area is 209 Å². The Bertz CT molecular complexity index is 1500. The normalized spacial score (nSPS) is 30.8. The van der Waals surface area contributed by atoms with Crippen LogP contribution < -0.4 is 11.5 Å². The highest BCUT2D eigenvalue weighted by Crippen LogP contribution is 2.59. The maximum absolute atomic E-state index is 13.4. The van der Waals surface area contributed by atoms with Gasteiger partial charge in [-0.1, -0.05) is 48.0 Å². The highest BCUT2D eigenvalue weighted by molar-refractivity contribution is 6.18. The molecule has 2 aliphatic carbocycles. The highest BCUT2D eigenvalue weighted by atomic mass is 16.3. The van der Waals surface area contributed by atoms with Crippen LogP contribution in [0.3, 0.4) is 0 Å². The average Bonchev–Trinajstić information content (AvgIpc) is 3.27. The largest absolute Gasteiger partial charge is 0.507 e. The summed E-state index contributed by atoms with van der Waals surface area (Å²) in [5, 5.41) is 12.6. The van der Waals surface area contributed by atoms with E-state index in [1.54, 1.807) is 30.3 Å². The van der Waals surface area contributed by atoms with Crippen LogP contribution >= 0.6 is 0 Å². The van der Waals surface area contributed by atoms with E-state index in [2.05, 4.69) is 0 Å². The van der Waals surface area contributed by atoms with Gasteiger partial charge in [0, 0.05) is 16.9 Å². The fourth-order valence-electron chi connectivity index (χ4n) is 6.89. The number of primary amides is 2. The summed E-state index contributed by atoms with van der Waals surface area (Å²) in [6.07, 6.45) is 1.87. The van der Waals surface area contributed by atoms with Gasteiger partial charge in [-0.15, -0.1) is 0 Å². The minimum Gasteiger partial charge on any atom is -0.507 e. The average molecular weight is 502 g/mol. The lowest BCUT2D eigenvalue weighted by molar-refractivity contribution is -0.138. The molecule has 0 radical (unpaired) electrons. The van der Waals surface area contributed by atoms with E-state index in [1.165, 1.54) is 0 Å². The molecule has 8 amide bonds. The molecule has 37 heavy (non-hydrogen) atoms. The van der Waals surface area contributed by atoms with Crippen molar-refractivity contribution in [1.29, 1.82) is 0 Å². The lowest BCUT2D eigenvalue weighted by Crippen LogP contribution is -2.44. The van der Waals surface area contributed by atoms with E-state index < -0.39 is 71.2 Å². The van der Waals surface area contributed by atoms with Gasteiger partial charge in [0.15, 0.2) is 0 Å². The predicted octanol–water partition coefficient (Wildman–Crippen LogP) is 1.34. The first kappa shape index (κ1) is 22.9. The molecule has 4 aliphatic rings. The van der Waals surface area contributed by atoms with Crippen LogP contribution in [-0.2, 0) is 19.2 Å². The Balaban J connectivity index is 1.55. The second kappa shape index (κ2) is 7.73. The lowest BCUT2D eigenvalue weighted by Gasteiger charge is -2.44. The molecule has 11 nitrogen and oxygen atoms in total. The van der Waals surface area contributed by atoms with E-state index in [-0.39, 0.29) is 18.6 Å². The molecular formula is C26H22N4O7. The molecule has 2 aromatic rings. The van der Waals surface area contributed by atoms with Crippen molar-refractivity contribution >= 4 is 46.5 Å². The molecule has 6 atom stereocenters. The summed E-state index contributed by atoms with van der Waals surface area (Å²) in [5.74, 6) is -8.48. The number of nitrogens with zero attached hydrogens (tertiary/aromatic N) is 2. The molecule has 1 saturated carbocycles. The molecule has 188 valence electrons. The molecule has 6 rings (SSSR count). The summed E-state index contributed by atoms with van der Waals surface area (Å²) >= 11 is 0. The van der Waals surface area contributed by atoms with Gasteiger partial charge in [0.05, 0.1) is 23.7 Å². The Hall–Kier alpha value is -4.54. The van der Waals surface area contributed by atoms with Crippen LogP contribution in [0.15, 0.2) is 48.0 Å². The topological polar surface area (TPSA) is 181 Å². The van der Waals surface area contributed by atoms with Gasteiger partial charge in [0.2, 0.25) is 23.6 Å². The van der Waals surface area contributed by atoms with Gasteiger partial charge in [-0.2, -0.15) is 9.80 Å². The molecular weight excluding hydrogens is 480 g/mol. The number of benzene rings is 2. The van der Waals surface area contributed by atoms with Crippen LogP contribution in [0.1, 0.15) is 24.3 Å². The predicted molar refractivity (Wildman–Crippen MR) is 126 cm³/mol. The quantitative estimate of drug-likeness (QED) is 0.388.